The molecule has 0 heterocycles. The first-order chi connectivity index (χ1) is 8.56. The molecule has 0 N–H and O–H groups in total. The van der Waals surface area contributed by atoms with Crippen molar-refractivity contribution in [1.82, 2.24) is 4.90 Å². The highest BCUT2D eigenvalue weighted by Crippen LogP contribution is 2.17. The van der Waals surface area contributed by atoms with Crippen molar-refractivity contribution >= 4 is 0 Å². The van der Waals surface area contributed by atoms with Gasteiger partial charge < -0.3 is 14.4 Å². The molecule has 1 atom stereocenters. The van der Waals surface area contributed by atoms with Crippen molar-refractivity contribution in [3.8, 4) is 0 Å². The fourth-order valence-corrected chi connectivity index (χ4v) is 1.38. The van der Waals surface area contributed by atoms with Crippen molar-refractivity contribution in [2.75, 3.05) is 33.9 Å². The molecule has 3 heteroatoms. The topological polar surface area (TPSA) is 21.7 Å². The summed E-state index contributed by atoms with van der Waals surface area (Å²) in [5.41, 5.74) is 0.904. The minimum absolute atomic E-state index is 0.285. The summed E-state index contributed by atoms with van der Waals surface area (Å²) in [6, 6.07) is 0. The average molecular weight is 251 g/mol. The number of rotatable bonds is 10. The van der Waals surface area contributed by atoms with Gasteiger partial charge in [-0.3, -0.25) is 0 Å². The van der Waals surface area contributed by atoms with Crippen LogP contribution in [0.15, 0.2) is 49.3 Å². The Labute approximate surface area is 111 Å². The predicted octanol–water partition coefficient (Wildman–Crippen LogP) is 2.78. The fraction of sp³-hybridized carbons (Fsp3) is 0.467. The minimum Gasteiger partial charge on any atom is -0.494 e. The summed E-state index contributed by atoms with van der Waals surface area (Å²) in [4.78, 5) is 2.05. The summed E-state index contributed by atoms with van der Waals surface area (Å²) < 4.78 is 11.3. The van der Waals surface area contributed by atoms with E-state index in [2.05, 4.69) is 24.6 Å². The van der Waals surface area contributed by atoms with Crippen molar-refractivity contribution < 1.29 is 9.47 Å². The van der Waals surface area contributed by atoms with Gasteiger partial charge in [0.1, 0.15) is 18.5 Å². The Morgan fingerprint density at radius 3 is 2.44 bits per heavy atom. The van der Waals surface area contributed by atoms with Gasteiger partial charge in [0, 0.05) is 13.2 Å². The molecule has 102 valence electrons. The monoisotopic (exact) mass is 251 g/mol. The minimum atomic E-state index is -0.285. The lowest BCUT2D eigenvalue weighted by molar-refractivity contribution is 0.0558. The van der Waals surface area contributed by atoms with Gasteiger partial charge in [0.05, 0.1) is 0 Å². The first-order valence-electron chi connectivity index (χ1n) is 6.09. The maximum Gasteiger partial charge on any atom is 0.139 e. The van der Waals surface area contributed by atoms with Gasteiger partial charge >= 0.3 is 0 Å². The highest BCUT2D eigenvalue weighted by atomic mass is 16.5. The molecule has 0 aromatic heterocycles. The Balaban J connectivity index is 4.57. The maximum absolute atomic E-state index is 5.64. The van der Waals surface area contributed by atoms with E-state index in [0.717, 1.165) is 12.1 Å². The van der Waals surface area contributed by atoms with Crippen molar-refractivity contribution in [3.63, 3.8) is 0 Å². The van der Waals surface area contributed by atoms with Crippen LogP contribution in [0, 0.1) is 0 Å². The maximum atomic E-state index is 5.64. The van der Waals surface area contributed by atoms with Crippen LogP contribution in [0.1, 0.15) is 6.92 Å². The van der Waals surface area contributed by atoms with E-state index >= 15 is 0 Å². The van der Waals surface area contributed by atoms with Crippen molar-refractivity contribution in [2.24, 2.45) is 0 Å². The molecule has 0 saturated heterocycles. The molecule has 18 heavy (non-hydrogen) atoms. The second-order valence-electron chi connectivity index (χ2n) is 4.06. The van der Waals surface area contributed by atoms with E-state index in [4.69, 9.17) is 9.47 Å². The van der Waals surface area contributed by atoms with Crippen LogP contribution in [-0.4, -0.2) is 44.9 Å². The fourth-order valence-electron chi connectivity index (χ4n) is 1.38. The molecule has 3 nitrogen and oxygen atoms in total. The first kappa shape index (κ1) is 16.7. The summed E-state index contributed by atoms with van der Waals surface area (Å²) in [5.74, 6) is 0.603. The van der Waals surface area contributed by atoms with E-state index in [1.807, 2.05) is 27.1 Å². The van der Waals surface area contributed by atoms with E-state index in [9.17, 15) is 0 Å². The largest absolute Gasteiger partial charge is 0.494 e. The zero-order valence-corrected chi connectivity index (χ0v) is 11.8. The van der Waals surface area contributed by atoms with Gasteiger partial charge in [-0.2, -0.15) is 0 Å². The van der Waals surface area contributed by atoms with Crippen molar-refractivity contribution in [3.05, 3.63) is 49.3 Å². The van der Waals surface area contributed by atoms with E-state index in [1.54, 1.807) is 12.2 Å². The number of nitrogens with zero attached hydrogens (tertiary/aromatic N) is 1. The number of allylic oxidation sites excluding steroid dienone is 2. The van der Waals surface area contributed by atoms with E-state index in [1.165, 1.54) is 0 Å². The molecule has 0 radical (unpaired) electrons. The van der Waals surface area contributed by atoms with Gasteiger partial charge in [0.2, 0.25) is 0 Å². The van der Waals surface area contributed by atoms with Crippen molar-refractivity contribution in [1.29, 1.82) is 0 Å². The summed E-state index contributed by atoms with van der Waals surface area (Å²) in [6.45, 7) is 15.3. The molecular formula is C15H25NO2. The first-order valence-corrected chi connectivity index (χ1v) is 6.09. The van der Waals surface area contributed by atoms with E-state index in [-0.39, 0.29) is 6.10 Å². The van der Waals surface area contributed by atoms with Gasteiger partial charge in [0.25, 0.3) is 0 Å². The lowest BCUT2D eigenvalue weighted by Crippen LogP contribution is -2.23. The molecular weight excluding hydrogens is 226 g/mol. The Bertz CT molecular complexity index is 306. The zero-order valence-electron chi connectivity index (χ0n) is 11.8. The molecule has 0 aliphatic rings. The number of ether oxygens (including phenoxy) is 2. The van der Waals surface area contributed by atoms with Gasteiger partial charge in [-0.15, -0.1) is 0 Å². The molecule has 1 unspecified atom stereocenters. The lowest BCUT2D eigenvalue weighted by atomic mass is 10.1. The molecule has 0 aromatic rings. The smallest absolute Gasteiger partial charge is 0.139 e. The zero-order chi connectivity index (χ0) is 14.0. The van der Waals surface area contributed by atoms with Crippen LogP contribution in [0.3, 0.4) is 0 Å². The van der Waals surface area contributed by atoms with Gasteiger partial charge in [-0.1, -0.05) is 38.0 Å². The van der Waals surface area contributed by atoms with Crippen LogP contribution in [0.25, 0.3) is 0 Å². The summed E-state index contributed by atoms with van der Waals surface area (Å²) in [7, 11) is 4.00. The third-order valence-electron chi connectivity index (χ3n) is 2.30. The van der Waals surface area contributed by atoms with Crippen LogP contribution in [0.5, 0.6) is 0 Å². The van der Waals surface area contributed by atoms with Crippen LogP contribution in [-0.2, 0) is 9.47 Å². The molecule has 0 amide bonds. The molecule has 0 rings (SSSR count). The SMILES string of the molecule is C=C/C=C(\C=C)C(OCC)C(=C)OCCN(C)C. The number of hydrogen-bond acceptors (Lipinski definition) is 3. The third-order valence-corrected chi connectivity index (χ3v) is 2.30. The molecule has 0 bridgehead atoms. The Morgan fingerprint density at radius 2 is 2.00 bits per heavy atom. The molecule has 0 aromatic carbocycles. The van der Waals surface area contributed by atoms with E-state index in [0.29, 0.717) is 19.0 Å². The third kappa shape index (κ3) is 6.42. The molecule has 0 fully saturated rings. The molecule has 0 aliphatic heterocycles. The quantitative estimate of drug-likeness (QED) is 0.440. The summed E-state index contributed by atoms with van der Waals surface area (Å²) in [5, 5.41) is 0. The lowest BCUT2D eigenvalue weighted by Gasteiger charge is -2.22. The van der Waals surface area contributed by atoms with Gasteiger partial charge in [-0.25, -0.2) is 0 Å². The van der Waals surface area contributed by atoms with Crippen LogP contribution in [0.4, 0.5) is 0 Å². The van der Waals surface area contributed by atoms with Gasteiger partial charge in [-0.05, 0) is 26.6 Å². The Morgan fingerprint density at radius 1 is 1.33 bits per heavy atom. The Kier molecular flexibility index (Phi) is 8.97. The summed E-state index contributed by atoms with van der Waals surface area (Å²) >= 11 is 0. The standard InChI is InChI=1S/C15H25NO2/c1-7-10-14(8-2)15(17-9-3)13(4)18-12-11-16(5)6/h7-8,10,15H,1-2,4,9,11-12H2,3,5-6H3/b14-10+. The van der Waals surface area contributed by atoms with Crippen LogP contribution >= 0.6 is 0 Å². The van der Waals surface area contributed by atoms with E-state index < -0.39 is 0 Å². The molecule has 0 saturated carbocycles. The number of likely N-dealkylation sites (N-methyl/N-ethyl adjacent to an activating group) is 1. The second-order valence-corrected chi connectivity index (χ2v) is 4.06. The van der Waals surface area contributed by atoms with Crippen molar-refractivity contribution in [2.45, 2.75) is 13.0 Å². The normalized spacial score (nSPS) is 13.2. The average Bonchev–Trinajstić information content (AvgIpc) is 2.33. The van der Waals surface area contributed by atoms with Gasteiger partial charge in [0.15, 0.2) is 0 Å². The number of hydrogen-bond donors (Lipinski definition) is 0. The highest BCUT2D eigenvalue weighted by Gasteiger charge is 2.17. The summed E-state index contributed by atoms with van der Waals surface area (Å²) in [6.07, 6.45) is 5.01. The van der Waals surface area contributed by atoms with Crippen LogP contribution in [0.2, 0.25) is 0 Å². The predicted molar refractivity (Wildman–Crippen MR) is 77.5 cm³/mol. The molecule has 0 spiro atoms. The highest BCUT2D eigenvalue weighted by molar-refractivity contribution is 5.30. The molecule has 0 aliphatic carbocycles. The Hall–Kier alpha value is -1.32. The second kappa shape index (κ2) is 9.68. The van der Waals surface area contributed by atoms with Crippen LogP contribution < -0.4 is 0 Å².